The maximum absolute atomic E-state index is 12.0. The number of carbonyl (C=O) groups is 2. The van der Waals surface area contributed by atoms with Gasteiger partial charge in [-0.2, -0.15) is 0 Å². The number of hydrogen-bond donors (Lipinski definition) is 2. The van der Waals surface area contributed by atoms with Crippen LogP contribution in [0.15, 0.2) is 64.5 Å². The Balaban J connectivity index is 1.46. The molecule has 8 nitrogen and oxygen atoms in total. The molecule has 0 saturated heterocycles. The summed E-state index contributed by atoms with van der Waals surface area (Å²) in [5.74, 6) is -0.940. The first kappa shape index (κ1) is 20.5. The van der Waals surface area contributed by atoms with Crippen molar-refractivity contribution in [2.24, 2.45) is 4.99 Å². The second-order valence-electron chi connectivity index (χ2n) is 6.54. The Morgan fingerprint density at radius 3 is 2.55 bits per heavy atom. The first-order chi connectivity index (χ1) is 13.9. The lowest BCUT2D eigenvalue weighted by molar-refractivity contribution is -0.147. The number of esters is 1. The van der Waals surface area contributed by atoms with E-state index in [9.17, 15) is 18.0 Å². The van der Waals surface area contributed by atoms with Gasteiger partial charge in [0.1, 0.15) is 12.4 Å². The summed E-state index contributed by atoms with van der Waals surface area (Å²) in [6.45, 7) is 1.58. The molecule has 29 heavy (non-hydrogen) atoms. The van der Waals surface area contributed by atoms with Crippen LogP contribution in [-0.2, 0) is 24.3 Å². The van der Waals surface area contributed by atoms with Crippen LogP contribution in [0.2, 0.25) is 0 Å². The molecule has 2 aromatic carbocycles. The molecule has 0 unspecified atom stereocenters. The standard InChI is InChI=1S/C20H21N3O5S/c1-14(15-7-3-2-4-8-15)11-21-18(24)13-28-19(25)12-22-20-16-9-5-6-10-17(16)29(26,27)23-20/h2-10,14H,11-13H2,1H3,(H,21,24)(H,22,23)/t14-/m1/s1. The van der Waals surface area contributed by atoms with Crippen molar-refractivity contribution in [1.82, 2.24) is 10.0 Å². The maximum atomic E-state index is 12.0. The summed E-state index contributed by atoms with van der Waals surface area (Å²) in [7, 11) is -3.66. The number of aliphatic imine (C=N–C) groups is 1. The number of carbonyl (C=O) groups excluding carboxylic acids is 2. The van der Waals surface area contributed by atoms with Crippen molar-refractivity contribution < 1.29 is 22.7 Å². The smallest absolute Gasteiger partial charge is 0.328 e. The van der Waals surface area contributed by atoms with Gasteiger partial charge in [-0.25, -0.2) is 8.42 Å². The summed E-state index contributed by atoms with van der Waals surface area (Å²) in [5.41, 5.74) is 1.49. The van der Waals surface area contributed by atoms with Crippen molar-refractivity contribution in [2.75, 3.05) is 19.7 Å². The van der Waals surface area contributed by atoms with Crippen molar-refractivity contribution in [2.45, 2.75) is 17.7 Å². The van der Waals surface area contributed by atoms with Gasteiger partial charge >= 0.3 is 5.97 Å². The highest BCUT2D eigenvalue weighted by Crippen LogP contribution is 2.22. The van der Waals surface area contributed by atoms with E-state index in [0.29, 0.717) is 12.1 Å². The molecule has 0 aliphatic carbocycles. The first-order valence-electron chi connectivity index (χ1n) is 9.01. The molecular weight excluding hydrogens is 394 g/mol. The third-order valence-electron chi connectivity index (χ3n) is 4.37. The number of amidine groups is 1. The van der Waals surface area contributed by atoms with Crippen LogP contribution < -0.4 is 10.0 Å². The quantitative estimate of drug-likeness (QED) is 0.660. The molecule has 0 saturated carbocycles. The van der Waals surface area contributed by atoms with Crippen molar-refractivity contribution in [1.29, 1.82) is 0 Å². The first-order valence-corrected chi connectivity index (χ1v) is 10.5. The van der Waals surface area contributed by atoms with Crippen molar-refractivity contribution in [3.63, 3.8) is 0 Å². The fraction of sp³-hybridized carbons (Fsp3) is 0.250. The lowest BCUT2D eigenvalue weighted by atomic mass is 10.0. The average molecular weight is 415 g/mol. The predicted molar refractivity (Wildman–Crippen MR) is 107 cm³/mol. The fourth-order valence-corrected chi connectivity index (χ4v) is 4.05. The van der Waals surface area contributed by atoms with Crippen molar-refractivity contribution in [3.8, 4) is 0 Å². The molecule has 1 aliphatic rings. The Morgan fingerprint density at radius 2 is 1.79 bits per heavy atom. The number of rotatable bonds is 7. The molecule has 0 fully saturated rings. The van der Waals surface area contributed by atoms with Crippen LogP contribution in [0.4, 0.5) is 0 Å². The van der Waals surface area contributed by atoms with E-state index in [4.69, 9.17) is 4.74 Å². The van der Waals surface area contributed by atoms with Gasteiger partial charge < -0.3 is 10.1 Å². The van der Waals surface area contributed by atoms with E-state index in [2.05, 4.69) is 15.0 Å². The molecule has 2 N–H and O–H groups in total. The highest BCUT2D eigenvalue weighted by Gasteiger charge is 2.30. The SMILES string of the molecule is C[C@H](CNC(=O)COC(=O)CN=C1NS(=O)(=O)c2ccccc21)c1ccccc1. The summed E-state index contributed by atoms with van der Waals surface area (Å²) in [5, 5.41) is 2.71. The summed E-state index contributed by atoms with van der Waals surface area (Å²) >= 11 is 0. The van der Waals surface area contributed by atoms with Crippen LogP contribution in [0.3, 0.4) is 0 Å². The Morgan fingerprint density at radius 1 is 1.10 bits per heavy atom. The third kappa shape index (κ3) is 5.20. The number of benzene rings is 2. The second kappa shape index (κ2) is 8.87. The Kier molecular flexibility index (Phi) is 6.28. The van der Waals surface area contributed by atoms with Crippen LogP contribution in [-0.4, -0.2) is 45.8 Å². The Bertz CT molecular complexity index is 1040. The number of sulfonamides is 1. The van der Waals surface area contributed by atoms with Crippen LogP contribution in [0, 0.1) is 0 Å². The molecule has 3 rings (SSSR count). The molecular formula is C20H21N3O5S. The topological polar surface area (TPSA) is 114 Å². The molecule has 1 aliphatic heterocycles. The van der Waals surface area contributed by atoms with E-state index in [-0.39, 0.29) is 16.6 Å². The van der Waals surface area contributed by atoms with E-state index in [1.54, 1.807) is 18.2 Å². The van der Waals surface area contributed by atoms with Gasteiger partial charge in [0.2, 0.25) is 0 Å². The van der Waals surface area contributed by atoms with Gasteiger partial charge in [-0.15, -0.1) is 0 Å². The van der Waals surface area contributed by atoms with Gasteiger partial charge in [0.25, 0.3) is 15.9 Å². The largest absolute Gasteiger partial charge is 0.454 e. The monoisotopic (exact) mass is 415 g/mol. The highest BCUT2D eigenvalue weighted by molar-refractivity contribution is 7.90. The third-order valence-corrected chi connectivity index (χ3v) is 5.76. The van der Waals surface area contributed by atoms with E-state index < -0.39 is 35.1 Å². The Labute approximate surface area is 169 Å². The highest BCUT2D eigenvalue weighted by atomic mass is 32.2. The number of nitrogens with zero attached hydrogens (tertiary/aromatic N) is 1. The van der Waals surface area contributed by atoms with Gasteiger partial charge in [-0.1, -0.05) is 49.4 Å². The molecule has 2 aromatic rings. The number of ether oxygens (including phenoxy) is 1. The van der Waals surface area contributed by atoms with E-state index in [1.165, 1.54) is 6.07 Å². The molecule has 0 bridgehead atoms. The van der Waals surface area contributed by atoms with Crippen molar-refractivity contribution in [3.05, 3.63) is 65.7 Å². The normalized spacial score (nSPS) is 16.5. The molecule has 0 aromatic heterocycles. The number of hydrogen-bond acceptors (Lipinski definition) is 6. The molecule has 1 amide bonds. The number of nitrogens with one attached hydrogen (secondary N) is 2. The number of amides is 1. The average Bonchev–Trinajstić information content (AvgIpc) is 3.00. The zero-order chi connectivity index (χ0) is 20.9. The van der Waals surface area contributed by atoms with Gasteiger partial charge in [0.15, 0.2) is 6.61 Å². The maximum Gasteiger partial charge on any atom is 0.328 e. The predicted octanol–water partition coefficient (Wildman–Crippen LogP) is 1.19. The Hall–Kier alpha value is -3.20. The minimum atomic E-state index is -3.66. The molecule has 152 valence electrons. The second-order valence-corrected chi connectivity index (χ2v) is 8.19. The number of fused-ring (bicyclic) bond motifs is 1. The summed E-state index contributed by atoms with van der Waals surface area (Å²) < 4.78 is 31.2. The summed E-state index contributed by atoms with van der Waals surface area (Å²) in [6.07, 6.45) is 0. The molecule has 1 atom stereocenters. The van der Waals surface area contributed by atoms with Crippen molar-refractivity contribution >= 4 is 27.7 Å². The molecule has 1 heterocycles. The minimum absolute atomic E-state index is 0.0821. The lowest BCUT2D eigenvalue weighted by Crippen LogP contribution is -2.32. The van der Waals surface area contributed by atoms with E-state index in [0.717, 1.165) is 5.56 Å². The molecule has 0 spiro atoms. The van der Waals surface area contributed by atoms with E-state index in [1.807, 2.05) is 37.3 Å². The van der Waals surface area contributed by atoms with Crippen LogP contribution in [0.25, 0.3) is 0 Å². The summed E-state index contributed by atoms with van der Waals surface area (Å²) in [6, 6.07) is 16.1. The molecule has 9 heteroatoms. The van der Waals surface area contributed by atoms with Gasteiger partial charge in [0, 0.05) is 12.1 Å². The zero-order valence-corrected chi connectivity index (χ0v) is 16.6. The van der Waals surface area contributed by atoms with Gasteiger partial charge in [-0.3, -0.25) is 19.3 Å². The van der Waals surface area contributed by atoms with E-state index >= 15 is 0 Å². The lowest BCUT2D eigenvalue weighted by Gasteiger charge is -2.13. The summed E-state index contributed by atoms with van der Waals surface area (Å²) in [4.78, 5) is 27.8. The zero-order valence-electron chi connectivity index (χ0n) is 15.8. The molecule has 0 radical (unpaired) electrons. The van der Waals surface area contributed by atoms with Crippen LogP contribution in [0.1, 0.15) is 24.0 Å². The van der Waals surface area contributed by atoms with Gasteiger partial charge in [-0.05, 0) is 23.6 Å². The van der Waals surface area contributed by atoms with Crippen LogP contribution >= 0.6 is 0 Å². The van der Waals surface area contributed by atoms with Gasteiger partial charge in [0.05, 0.1) is 4.90 Å². The minimum Gasteiger partial charge on any atom is -0.454 e. The fourth-order valence-electron chi connectivity index (χ4n) is 2.80. The van der Waals surface area contributed by atoms with Crippen LogP contribution in [0.5, 0.6) is 0 Å².